The van der Waals surface area contributed by atoms with E-state index in [4.69, 9.17) is 28.8 Å². The number of aliphatic hydroxyl groups excluding tert-OH is 10. The number of ether oxygens (including phenoxy) is 5. The largest absolute Gasteiger partial charge is 0.394 e. The van der Waals surface area contributed by atoms with E-state index in [1.54, 1.807) is 0 Å². The summed E-state index contributed by atoms with van der Waals surface area (Å²) in [7, 11) is 0. The van der Waals surface area contributed by atoms with Crippen LogP contribution in [0.5, 0.6) is 0 Å². The summed E-state index contributed by atoms with van der Waals surface area (Å²) in [6, 6.07) is 0. The Morgan fingerprint density at radius 1 is 0.588 bits per heavy atom. The van der Waals surface area contributed by atoms with E-state index in [-0.39, 0.29) is 0 Å². The van der Waals surface area contributed by atoms with Crippen molar-refractivity contribution in [3.05, 3.63) is 0 Å². The van der Waals surface area contributed by atoms with Crippen molar-refractivity contribution >= 4 is 0 Å². The quantitative estimate of drug-likeness (QED) is 0.146. The molecule has 16 nitrogen and oxygen atoms in total. The summed E-state index contributed by atoms with van der Waals surface area (Å²) in [6.07, 6.45) is -21.2. The Kier molecular flexibility index (Phi) is 9.18. The molecule has 3 heterocycles. The first-order valence-electron chi connectivity index (χ1n) is 10.6. The van der Waals surface area contributed by atoms with Crippen molar-refractivity contribution in [2.75, 3.05) is 26.4 Å². The molecule has 0 aliphatic carbocycles. The van der Waals surface area contributed by atoms with Gasteiger partial charge in [-0.2, -0.15) is 0 Å². The van der Waals surface area contributed by atoms with Crippen LogP contribution in [0.1, 0.15) is 0 Å². The molecule has 3 fully saturated rings. The van der Waals surface area contributed by atoms with Crippen LogP contribution in [0.2, 0.25) is 0 Å². The summed E-state index contributed by atoms with van der Waals surface area (Å²) in [5, 5.41) is 109. The molecule has 3 rings (SSSR count). The fourth-order valence-corrected chi connectivity index (χ4v) is 3.92. The van der Waals surface area contributed by atoms with Gasteiger partial charge in [-0.15, -0.1) is 0 Å². The average Bonchev–Trinajstić information content (AvgIpc) is 3.04. The zero-order chi connectivity index (χ0) is 25.4. The molecule has 3 saturated heterocycles. The minimum absolute atomic E-state index is 0.595. The second-order valence-electron chi connectivity index (χ2n) is 8.48. The fourth-order valence-electron chi connectivity index (χ4n) is 3.92. The van der Waals surface area contributed by atoms with E-state index in [2.05, 4.69) is 0 Å². The molecule has 11 N–H and O–H groups in total. The van der Waals surface area contributed by atoms with Gasteiger partial charge in [0.05, 0.1) is 19.8 Å². The molecule has 16 heteroatoms. The van der Waals surface area contributed by atoms with Crippen LogP contribution in [-0.4, -0.2) is 168 Å². The van der Waals surface area contributed by atoms with Gasteiger partial charge in [0.1, 0.15) is 73.8 Å². The van der Waals surface area contributed by atoms with E-state index in [0.29, 0.717) is 0 Å². The molecule has 0 aromatic carbocycles. The Labute approximate surface area is 192 Å². The van der Waals surface area contributed by atoms with Gasteiger partial charge in [0.2, 0.25) is 5.79 Å². The maximum Gasteiger partial charge on any atom is 0.219 e. The summed E-state index contributed by atoms with van der Waals surface area (Å²) < 4.78 is 26.0. The van der Waals surface area contributed by atoms with Gasteiger partial charge in [-0.25, -0.2) is 0 Å². The summed E-state index contributed by atoms with van der Waals surface area (Å²) in [5.74, 6) is -2.49. The Morgan fingerprint density at radius 2 is 1.09 bits per heavy atom. The number of rotatable bonds is 8. The lowest BCUT2D eigenvalue weighted by Gasteiger charge is -2.43. The molecule has 0 spiro atoms. The van der Waals surface area contributed by atoms with Crippen molar-refractivity contribution in [2.24, 2.45) is 0 Å². The lowest BCUT2D eigenvalue weighted by Crippen LogP contribution is -2.62. The van der Waals surface area contributed by atoms with Gasteiger partial charge in [-0.3, -0.25) is 0 Å². The monoisotopic (exact) mass is 504 g/mol. The normalized spacial score (nSPS) is 52.1. The molecule has 34 heavy (non-hydrogen) atoms. The second-order valence-corrected chi connectivity index (χ2v) is 8.48. The molecule has 0 aromatic rings. The van der Waals surface area contributed by atoms with E-state index in [1.807, 2.05) is 0 Å². The highest BCUT2D eigenvalue weighted by Gasteiger charge is 2.55. The SMILES string of the molecule is OC[C@H]1O[C@@H](OC[C@H]2OC(OC[C@@]3(O)O[C@H](CO)[C@@H](O)[C@@H]3O)[C@H](O)[C@@H](O)[C@@H]2O)[C@H](O)[C@@H](O)[C@H]1O. The van der Waals surface area contributed by atoms with Crippen molar-refractivity contribution in [3.8, 4) is 0 Å². The Bertz CT molecular complexity index is 653. The van der Waals surface area contributed by atoms with Crippen LogP contribution >= 0.6 is 0 Å². The maximum absolute atomic E-state index is 10.4. The molecular formula is C18H32O16. The van der Waals surface area contributed by atoms with E-state index >= 15 is 0 Å². The Hall–Kier alpha value is -0.640. The molecular weight excluding hydrogens is 472 g/mol. The highest BCUT2D eigenvalue weighted by Crippen LogP contribution is 2.31. The third kappa shape index (κ3) is 5.37. The van der Waals surface area contributed by atoms with Crippen molar-refractivity contribution in [3.63, 3.8) is 0 Å². The molecule has 1 unspecified atom stereocenters. The van der Waals surface area contributed by atoms with Gasteiger partial charge in [-0.1, -0.05) is 0 Å². The van der Waals surface area contributed by atoms with Gasteiger partial charge in [0, 0.05) is 0 Å². The van der Waals surface area contributed by atoms with Crippen LogP contribution in [-0.2, 0) is 23.7 Å². The summed E-state index contributed by atoms with van der Waals surface area (Å²) >= 11 is 0. The van der Waals surface area contributed by atoms with Crippen LogP contribution in [0.4, 0.5) is 0 Å². The number of hydrogen-bond donors (Lipinski definition) is 11. The molecule has 200 valence electrons. The van der Waals surface area contributed by atoms with E-state index in [0.717, 1.165) is 0 Å². The minimum Gasteiger partial charge on any atom is -0.394 e. The van der Waals surface area contributed by atoms with E-state index in [9.17, 15) is 51.1 Å². The summed E-state index contributed by atoms with van der Waals surface area (Å²) in [4.78, 5) is 0. The molecule has 3 aliphatic rings. The van der Waals surface area contributed by atoms with Gasteiger partial charge in [-0.05, 0) is 0 Å². The number of hydrogen-bond acceptors (Lipinski definition) is 16. The van der Waals surface area contributed by atoms with Crippen LogP contribution in [0, 0.1) is 0 Å². The lowest BCUT2D eigenvalue weighted by atomic mass is 9.98. The van der Waals surface area contributed by atoms with Gasteiger partial charge < -0.3 is 79.9 Å². The Morgan fingerprint density at radius 3 is 1.62 bits per heavy atom. The maximum atomic E-state index is 10.4. The minimum atomic E-state index is -2.49. The van der Waals surface area contributed by atoms with Gasteiger partial charge >= 0.3 is 0 Å². The zero-order valence-electron chi connectivity index (χ0n) is 17.8. The standard InChI is InChI=1S/C18H32O16/c19-1-5-8(21)11(24)13(26)16(32-5)30-3-7-9(22)12(25)14(27)17(33-7)31-4-18(29)15(28)10(23)6(2-20)34-18/h5-17,19-29H,1-4H2/t5-,6-,7-,8+,9-,10-,11+,12+,13-,14-,15+,16-,17?,18-/m1/s1. The van der Waals surface area contributed by atoms with Crippen molar-refractivity contribution in [2.45, 2.75) is 85.5 Å². The van der Waals surface area contributed by atoms with E-state index in [1.165, 1.54) is 0 Å². The summed E-state index contributed by atoms with van der Waals surface area (Å²) in [6.45, 7) is -2.89. The van der Waals surface area contributed by atoms with Crippen molar-refractivity contribution in [1.29, 1.82) is 0 Å². The first-order valence-corrected chi connectivity index (χ1v) is 10.6. The van der Waals surface area contributed by atoms with Crippen LogP contribution < -0.4 is 0 Å². The molecule has 14 atom stereocenters. The van der Waals surface area contributed by atoms with Crippen LogP contribution in [0.15, 0.2) is 0 Å². The van der Waals surface area contributed by atoms with Crippen molar-refractivity contribution in [1.82, 2.24) is 0 Å². The van der Waals surface area contributed by atoms with Gasteiger partial charge in [0.25, 0.3) is 0 Å². The molecule has 0 aromatic heterocycles. The lowest BCUT2D eigenvalue weighted by molar-refractivity contribution is -0.345. The molecule has 0 amide bonds. The van der Waals surface area contributed by atoms with Crippen LogP contribution in [0.3, 0.4) is 0 Å². The zero-order valence-corrected chi connectivity index (χ0v) is 17.8. The fraction of sp³-hybridized carbons (Fsp3) is 1.00. The third-order valence-electron chi connectivity index (χ3n) is 6.10. The highest BCUT2D eigenvalue weighted by atomic mass is 16.7. The second kappa shape index (κ2) is 11.2. The van der Waals surface area contributed by atoms with Crippen LogP contribution in [0.25, 0.3) is 0 Å². The van der Waals surface area contributed by atoms with Gasteiger partial charge in [0.15, 0.2) is 12.6 Å². The molecule has 0 saturated carbocycles. The molecule has 0 bridgehead atoms. The first-order chi connectivity index (χ1) is 15.9. The predicted molar refractivity (Wildman–Crippen MR) is 101 cm³/mol. The predicted octanol–water partition coefficient (Wildman–Crippen LogP) is -7.57. The highest BCUT2D eigenvalue weighted by molar-refractivity contribution is 4.96. The topological polar surface area (TPSA) is 269 Å². The Balaban J connectivity index is 1.60. The molecule has 3 aliphatic heterocycles. The third-order valence-corrected chi connectivity index (χ3v) is 6.10. The summed E-state index contributed by atoms with van der Waals surface area (Å²) in [5.41, 5.74) is 0. The molecule has 0 radical (unpaired) electrons. The number of aliphatic hydroxyl groups is 11. The first kappa shape index (κ1) is 27.9. The van der Waals surface area contributed by atoms with Crippen molar-refractivity contribution < 1.29 is 79.9 Å². The van der Waals surface area contributed by atoms with E-state index < -0.39 is 112 Å². The smallest absolute Gasteiger partial charge is 0.219 e. The average molecular weight is 504 g/mol.